The second kappa shape index (κ2) is 7.86. The van der Waals surface area contributed by atoms with E-state index in [2.05, 4.69) is 15.3 Å². The van der Waals surface area contributed by atoms with E-state index in [0.717, 1.165) is 28.1 Å². The Bertz CT molecular complexity index is 1000. The summed E-state index contributed by atoms with van der Waals surface area (Å²) in [5.74, 6) is 0.774. The Morgan fingerprint density at radius 1 is 1.11 bits per heavy atom. The average molecular weight is 363 g/mol. The Labute approximate surface area is 157 Å². The number of benzene rings is 2. The number of nitrogens with one attached hydrogen (secondary N) is 2. The number of hydrogen-bond acceptors (Lipinski definition) is 4. The fourth-order valence-corrected chi connectivity index (χ4v) is 2.83. The summed E-state index contributed by atoms with van der Waals surface area (Å²) < 4.78 is 5.14. The molecule has 0 aliphatic heterocycles. The molecule has 0 fully saturated rings. The van der Waals surface area contributed by atoms with Crippen molar-refractivity contribution in [1.82, 2.24) is 9.97 Å². The highest BCUT2D eigenvalue weighted by Gasteiger charge is 2.13. The van der Waals surface area contributed by atoms with Crippen LogP contribution in [0.2, 0.25) is 0 Å². The van der Waals surface area contributed by atoms with Crippen molar-refractivity contribution in [2.45, 2.75) is 20.3 Å². The highest BCUT2D eigenvalue weighted by atomic mass is 16.5. The summed E-state index contributed by atoms with van der Waals surface area (Å²) in [5, 5.41) is 2.86. The van der Waals surface area contributed by atoms with E-state index in [1.807, 2.05) is 56.3 Å². The first kappa shape index (κ1) is 18.4. The van der Waals surface area contributed by atoms with E-state index in [1.165, 1.54) is 6.07 Å². The number of nitrogens with zero attached hydrogens (tertiary/aromatic N) is 1. The number of H-pyrrole nitrogens is 1. The van der Waals surface area contributed by atoms with E-state index in [1.54, 1.807) is 7.11 Å². The van der Waals surface area contributed by atoms with Crippen LogP contribution in [0.1, 0.15) is 33.0 Å². The van der Waals surface area contributed by atoms with Gasteiger partial charge in [0.2, 0.25) is 0 Å². The maximum atomic E-state index is 12.6. The van der Waals surface area contributed by atoms with Gasteiger partial charge < -0.3 is 15.0 Å². The third-order valence-corrected chi connectivity index (χ3v) is 4.27. The molecule has 3 rings (SSSR count). The lowest BCUT2D eigenvalue weighted by Gasteiger charge is -2.11. The van der Waals surface area contributed by atoms with Crippen LogP contribution in [0.4, 0.5) is 5.69 Å². The Hall–Kier alpha value is -3.41. The summed E-state index contributed by atoms with van der Waals surface area (Å²) >= 11 is 0. The summed E-state index contributed by atoms with van der Waals surface area (Å²) in [5.41, 5.74) is 3.32. The van der Waals surface area contributed by atoms with E-state index in [-0.39, 0.29) is 11.3 Å². The number of ether oxygens (including phenoxy) is 1. The minimum absolute atomic E-state index is 0.0879. The van der Waals surface area contributed by atoms with Crippen LogP contribution in [-0.2, 0) is 6.42 Å². The van der Waals surface area contributed by atoms with Gasteiger partial charge in [-0.15, -0.1) is 0 Å². The highest BCUT2D eigenvalue weighted by Crippen LogP contribution is 2.20. The average Bonchev–Trinajstić information content (AvgIpc) is 2.65. The second-order valence-electron chi connectivity index (χ2n) is 6.32. The predicted molar refractivity (Wildman–Crippen MR) is 105 cm³/mol. The van der Waals surface area contributed by atoms with Gasteiger partial charge in [-0.25, -0.2) is 4.98 Å². The van der Waals surface area contributed by atoms with Crippen molar-refractivity contribution in [1.29, 1.82) is 0 Å². The van der Waals surface area contributed by atoms with Gasteiger partial charge in [0.15, 0.2) is 0 Å². The van der Waals surface area contributed by atoms with Crippen molar-refractivity contribution in [2.24, 2.45) is 0 Å². The van der Waals surface area contributed by atoms with Crippen LogP contribution in [0, 0.1) is 13.8 Å². The molecule has 1 amide bonds. The van der Waals surface area contributed by atoms with Crippen LogP contribution in [0.3, 0.4) is 0 Å². The van der Waals surface area contributed by atoms with Crippen molar-refractivity contribution < 1.29 is 9.53 Å². The van der Waals surface area contributed by atoms with Crippen LogP contribution in [0.15, 0.2) is 53.3 Å². The van der Waals surface area contributed by atoms with Crippen LogP contribution < -0.4 is 15.6 Å². The van der Waals surface area contributed by atoms with Crippen LogP contribution >= 0.6 is 0 Å². The molecule has 0 saturated carbocycles. The first-order valence-corrected chi connectivity index (χ1v) is 8.57. The van der Waals surface area contributed by atoms with Crippen LogP contribution in [0.5, 0.6) is 5.75 Å². The fraction of sp³-hybridized carbons (Fsp3) is 0.190. The van der Waals surface area contributed by atoms with Crippen molar-refractivity contribution in [3.05, 3.63) is 87.1 Å². The monoisotopic (exact) mass is 363 g/mol. The van der Waals surface area contributed by atoms with E-state index in [4.69, 9.17) is 4.74 Å². The molecule has 6 heteroatoms. The standard InChI is InChI=1S/C21H21N3O3/c1-13-5-4-6-14(2)20(13)24-21(26)17-12-19(25)23-18(22-17)11-15-7-9-16(27-3)10-8-15/h4-10,12H,11H2,1-3H3,(H,24,26)(H,22,23,25). The lowest BCUT2D eigenvalue weighted by molar-refractivity contribution is 0.102. The molecule has 0 atom stereocenters. The summed E-state index contributed by atoms with van der Waals surface area (Å²) in [6.45, 7) is 3.84. The van der Waals surface area contributed by atoms with Gasteiger partial charge in [0, 0.05) is 18.2 Å². The molecule has 6 nitrogen and oxygen atoms in total. The number of aromatic amines is 1. The van der Waals surface area contributed by atoms with Gasteiger partial charge in [0.05, 0.1) is 7.11 Å². The number of rotatable bonds is 5. The number of aryl methyl sites for hydroxylation is 2. The van der Waals surface area contributed by atoms with E-state index >= 15 is 0 Å². The van der Waals surface area contributed by atoms with Crippen molar-refractivity contribution in [3.63, 3.8) is 0 Å². The fourth-order valence-electron chi connectivity index (χ4n) is 2.83. The number of amides is 1. The highest BCUT2D eigenvalue weighted by molar-refractivity contribution is 6.03. The zero-order chi connectivity index (χ0) is 19.4. The van der Waals surface area contributed by atoms with E-state index in [0.29, 0.717) is 12.2 Å². The molecule has 3 aromatic rings. The minimum atomic E-state index is -0.408. The number of carbonyl (C=O) groups is 1. The smallest absolute Gasteiger partial charge is 0.274 e. The number of anilines is 1. The minimum Gasteiger partial charge on any atom is -0.497 e. The molecule has 2 N–H and O–H groups in total. The Morgan fingerprint density at radius 3 is 2.41 bits per heavy atom. The summed E-state index contributed by atoms with van der Waals surface area (Å²) in [4.78, 5) is 31.6. The lowest BCUT2D eigenvalue weighted by Crippen LogP contribution is -2.21. The maximum Gasteiger partial charge on any atom is 0.274 e. The van der Waals surface area contributed by atoms with Gasteiger partial charge in [-0.3, -0.25) is 9.59 Å². The van der Waals surface area contributed by atoms with Crippen LogP contribution in [-0.4, -0.2) is 23.0 Å². The largest absolute Gasteiger partial charge is 0.497 e. The zero-order valence-corrected chi connectivity index (χ0v) is 15.5. The van der Waals surface area contributed by atoms with E-state index in [9.17, 15) is 9.59 Å². The first-order valence-electron chi connectivity index (χ1n) is 8.57. The maximum absolute atomic E-state index is 12.6. The third-order valence-electron chi connectivity index (χ3n) is 4.27. The third kappa shape index (κ3) is 4.41. The number of aromatic nitrogens is 2. The van der Waals surface area contributed by atoms with Gasteiger partial charge in [-0.1, -0.05) is 30.3 Å². The molecule has 27 heavy (non-hydrogen) atoms. The molecule has 1 aromatic heterocycles. The Morgan fingerprint density at radius 2 is 1.78 bits per heavy atom. The Balaban J connectivity index is 1.84. The molecular formula is C21H21N3O3. The van der Waals surface area contributed by atoms with Gasteiger partial charge in [-0.2, -0.15) is 0 Å². The number of carbonyl (C=O) groups excluding carboxylic acids is 1. The quantitative estimate of drug-likeness (QED) is 0.729. The molecule has 2 aromatic carbocycles. The number of hydrogen-bond donors (Lipinski definition) is 2. The van der Waals surface area contributed by atoms with Gasteiger partial charge >= 0.3 is 0 Å². The first-order chi connectivity index (χ1) is 13.0. The SMILES string of the molecule is COc1ccc(Cc2nc(C(=O)Nc3c(C)cccc3C)cc(=O)[nH]2)cc1. The predicted octanol–water partition coefficient (Wildman–Crippen LogP) is 3.24. The van der Waals surface area contributed by atoms with Crippen LogP contribution in [0.25, 0.3) is 0 Å². The zero-order valence-electron chi connectivity index (χ0n) is 15.5. The van der Waals surface area contributed by atoms with E-state index < -0.39 is 5.91 Å². The summed E-state index contributed by atoms with van der Waals surface area (Å²) in [6, 6.07) is 14.4. The van der Waals surface area contributed by atoms with Gasteiger partial charge in [0.25, 0.3) is 11.5 Å². The molecule has 0 spiro atoms. The molecule has 138 valence electrons. The molecule has 1 heterocycles. The van der Waals surface area contributed by atoms with Crippen molar-refractivity contribution in [2.75, 3.05) is 12.4 Å². The van der Waals surface area contributed by atoms with Crippen molar-refractivity contribution in [3.8, 4) is 5.75 Å². The molecule has 0 unspecified atom stereocenters. The summed E-state index contributed by atoms with van der Waals surface area (Å²) in [6.07, 6.45) is 0.406. The molecule has 0 radical (unpaired) electrons. The normalized spacial score (nSPS) is 10.5. The number of para-hydroxylation sites is 1. The topological polar surface area (TPSA) is 84.1 Å². The Kier molecular flexibility index (Phi) is 5.35. The summed E-state index contributed by atoms with van der Waals surface area (Å²) in [7, 11) is 1.60. The second-order valence-corrected chi connectivity index (χ2v) is 6.32. The molecular weight excluding hydrogens is 342 g/mol. The molecule has 0 bridgehead atoms. The molecule has 0 aliphatic rings. The lowest BCUT2D eigenvalue weighted by atomic mass is 10.1. The van der Waals surface area contributed by atoms with Crippen molar-refractivity contribution >= 4 is 11.6 Å². The van der Waals surface area contributed by atoms with Gasteiger partial charge in [-0.05, 0) is 42.7 Å². The number of methoxy groups -OCH3 is 1. The van der Waals surface area contributed by atoms with Gasteiger partial charge in [0.1, 0.15) is 17.3 Å². The molecule has 0 aliphatic carbocycles. The molecule has 0 saturated heterocycles.